The van der Waals surface area contributed by atoms with Crippen molar-refractivity contribution in [3.8, 4) is 5.75 Å². The van der Waals surface area contributed by atoms with Crippen LogP contribution in [0.2, 0.25) is 5.02 Å². The van der Waals surface area contributed by atoms with E-state index in [-0.39, 0.29) is 0 Å². The molecule has 1 aliphatic carbocycles. The third-order valence-corrected chi connectivity index (χ3v) is 5.30. The SMILES string of the molecule is CSC1CCCCC1NCC(O)COc1ccc(Cl)cc1. The van der Waals surface area contributed by atoms with Gasteiger partial charge in [0.25, 0.3) is 0 Å². The van der Waals surface area contributed by atoms with Gasteiger partial charge in [0.2, 0.25) is 0 Å². The molecule has 0 saturated heterocycles. The zero-order valence-electron chi connectivity index (χ0n) is 12.4. The lowest BCUT2D eigenvalue weighted by atomic mass is 9.95. The quantitative estimate of drug-likeness (QED) is 0.805. The van der Waals surface area contributed by atoms with E-state index in [1.54, 1.807) is 12.1 Å². The van der Waals surface area contributed by atoms with Gasteiger partial charge in [0, 0.05) is 22.9 Å². The van der Waals surface area contributed by atoms with Crippen LogP contribution in [0, 0.1) is 0 Å². The van der Waals surface area contributed by atoms with Crippen molar-refractivity contribution in [3.63, 3.8) is 0 Å². The molecule has 1 aliphatic rings. The molecule has 1 aromatic rings. The molecule has 2 rings (SSSR count). The van der Waals surface area contributed by atoms with Gasteiger partial charge in [-0.3, -0.25) is 0 Å². The van der Waals surface area contributed by atoms with Crippen LogP contribution in [-0.2, 0) is 0 Å². The van der Waals surface area contributed by atoms with E-state index in [9.17, 15) is 5.11 Å². The number of nitrogens with one attached hydrogen (secondary N) is 1. The Morgan fingerprint density at radius 2 is 2.05 bits per heavy atom. The van der Waals surface area contributed by atoms with Crippen LogP contribution in [0.4, 0.5) is 0 Å². The number of rotatable bonds is 7. The topological polar surface area (TPSA) is 41.5 Å². The second-order valence-electron chi connectivity index (χ2n) is 5.49. The Hall–Kier alpha value is -0.420. The fourth-order valence-corrected chi connectivity index (χ4v) is 3.77. The number of thioether (sulfide) groups is 1. The van der Waals surface area contributed by atoms with E-state index in [1.165, 1.54) is 25.7 Å². The second-order valence-corrected chi connectivity index (χ2v) is 7.01. The highest BCUT2D eigenvalue weighted by atomic mass is 35.5. The molecule has 3 unspecified atom stereocenters. The number of hydrogen-bond acceptors (Lipinski definition) is 4. The minimum absolute atomic E-state index is 0.297. The highest BCUT2D eigenvalue weighted by molar-refractivity contribution is 7.99. The summed E-state index contributed by atoms with van der Waals surface area (Å²) in [5.41, 5.74) is 0. The van der Waals surface area contributed by atoms with Crippen LogP contribution in [0.5, 0.6) is 5.75 Å². The molecule has 0 amide bonds. The number of ether oxygens (including phenoxy) is 1. The fraction of sp³-hybridized carbons (Fsp3) is 0.625. The maximum atomic E-state index is 10.0. The summed E-state index contributed by atoms with van der Waals surface area (Å²) < 4.78 is 5.56. The largest absolute Gasteiger partial charge is 0.491 e. The molecule has 0 spiro atoms. The number of aliphatic hydroxyl groups is 1. The van der Waals surface area contributed by atoms with Gasteiger partial charge in [-0.2, -0.15) is 11.8 Å². The Balaban J connectivity index is 1.69. The van der Waals surface area contributed by atoms with Gasteiger partial charge in [0.05, 0.1) is 0 Å². The van der Waals surface area contributed by atoms with Crippen molar-refractivity contribution >= 4 is 23.4 Å². The van der Waals surface area contributed by atoms with E-state index in [1.807, 2.05) is 23.9 Å². The number of hydrogen-bond donors (Lipinski definition) is 2. The van der Waals surface area contributed by atoms with Crippen LogP contribution in [-0.4, -0.2) is 41.9 Å². The molecule has 1 saturated carbocycles. The first-order chi connectivity index (χ1) is 10.2. The molecule has 118 valence electrons. The predicted molar refractivity (Wildman–Crippen MR) is 90.5 cm³/mol. The highest BCUT2D eigenvalue weighted by Crippen LogP contribution is 2.27. The fourth-order valence-electron chi connectivity index (χ4n) is 2.68. The lowest BCUT2D eigenvalue weighted by Crippen LogP contribution is -2.44. The summed E-state index contributed by atoms with van der Waals surface area (Å²) >= 11 is 7.75. The Morgan fingerprint density at radius 1 is 1.33 bits per heavy atom. The first-order valence-corrected chi connectivity index (χ1v) is 9.18. The van der Waals surface area contributed by atoms with Crippen LogP contribution in [0.1, 0.15) is 25.7 Å². The van der Waals surface area contributed by atoms with Crippen LogP contribution in [0.25, 0.3) is 0 Å². The molecule has 3 nitrogen and oxygen atoms in total. The smallest absolute Gasteiger partial charge is 0.119 e. The van der Waals surface area contributed by atoms with Gasteiger partial charge in [-0.1, -0.05) is 24.4 Å². The van der Waals surface area contributed by atoms with Crippen molar-refractivity contribution in [2.24, 2.45) is 0 Å². The highest BCUT2D eigenvalue weighted by Gasteiger charge is 2.24. The van der Waals surface area contributed by atoms with Gasteiger partial charge >= 0.3 is 0 Å². The molecular formula is C16H24ClNO2S. The Labute approximate surface area is 136 Å². The molecule has 2 N–H and O–H groups in total. The van der Waals surface area contributed by atoms with Crippen molar-refractivity contribution < 1.29 is 9.84 Å². The molecule has 0 heterocycles. The second kappa shape index (κ2) is 8.89. The van der Waals surface area contributed by atoms with E-state index >= 15 is 0 Å². The molecule has 0 radical (unpaired) electrons. The van der Waals surface area contributed by atoms with E-state index in [0.29, 0.717) is 29.5 Å². The molecule has 5 heteroatoms. The lowest BCUT2D eigenvalue weighted by molar-refractivity contribution is 0.102. The molecule has 3 atom stereocenters. The van der Waals surface area contributed by atoms with Crippen LogP contribution >= 0.6 is 23.4 Å². The summed E-state index contributed by atoms with van der Waals surface area (Å²) in [4.78, 5) is 0. The number of benzene rings is 1. The molecular weight excluding hydrogens is 306 g/mol. The molecule has 1 fully saturated rings. The molecule has 0 bridgehead atoms. The minimum atomic E-state index is -0.495. The summed E-state index contributed by atoms with van der Waals surface area (Å²) in [6.07, 6.45) is 6.76. The molecule has 0 aromatic heterocycles. The van der Waals surface area contributed by atoms with Crippen molar-refractivity contribution in [2.45, 2.75) is 43.1 Å². The van der Waals surface area contributed by atoms with E-state index < -0.39 is 6.10 Å². The Kier molecular flexibility index (Phi) is 7.17. The first-order valence-electron chi connectivity index (χ1n) is 7.51. The Bertz CT molecular complexity index is 415. The van der Waals surface area contributed by atoms with Crippen molar-refractivity contribution in [3.05, 3.63) is 29.3 Å². The molecule has 21 heavy (non-hydrogen) atoms. The molecule has 1 aromatic carbocycles. The first kappa shape index (κ1) is 16.9. The van der Waals surface area contributed by atoms with Crippen molar-refractivity contribution in [1.82, 2.24) is 5.32 Å². The van der Waals surface area contributed by atoms with Crippen molar-refractivity contribution in [1.29, 1.82) is 0 Å². The maximum Gasteiger partial charge on any atom is 0.119 e. The summed E-state index contributed by atoms with van der Waals surface area (Å²) in [6, 6.07) is 7.71. The normalized spacial score (nSPS) is 23.8. The number of halogens is 1. The van der Waals surface area contributed by atoms with Gasteiger partial charge in [0.15, 0.2) is 0 Å². The monoisotopic (exact) mass is 329 g/mol. The number of aliphatic hydroxyl groups excluding tert-OH is 1. The summed E-state index contributed by atoms with van der Waals surface area (Å²) in [6.45, 7) is 0.876. The standard InChI is InChI=1S/C16H24ClNO2S/c1-21-16-5-3-2-4-15(16)18-10-13(19)11-20-14-8-6-12(17)7-9-14/h6-9,13,15-16,18-19H,2-5,10-11H2,1H3. The van der Waals surface area contributed by atoms with Gasteiger partial charge in [-0.05, 0) is 43.4 Å². The van der Waals surface area contributed by atoms with Gasteiger partial charge in [-0.15, -0.1) is 0 Å². The maximum absolute atomic E-state index is 10.0. The summed E-state index contributed by atoms with van der Waals surface area (Å²) in [7, 11) is 0. The van der Waals surface area contributed by atoms with Gasteiger partial charge < -0.3 is 15.2 Å². The van der Waals surface area contributed by atoms with Crippen LogP contribution in [0.15, 0.2) is 24.3 Å². The predicted octanol–water partition coefficient (Wildman–Crippen LogP) is 3.34. The third kappa shape index (κ3) is 5.70. The summed E-state index contributed by atoms with van der Waals surface area (Å²) in [5.74, 6) is 0.734. The van der Waals surface area contributed by atoms with E-state index in [4.69, 9.17) is 16.3 Å². The third-order valence-electron chi connectivity index (χ3n) is 3.88. The molecule has 0 aliphatic heterocycles. The zero-order chi connectivity index (χ0) is 15.1. The lowest BCUT2D eigenvalue weighted by Gasteiger charge is -2.31. The summed E-state index contributed by atoms with van der Waals surface area (Å²) in [5, 5.41) is 14.9. The van der Waals surface area contributed by atoms with Crippen molar-refractivity contribution in [2.75, 3.05) is 19.4 Å². The van der Waals surface area contributed by atoms with Gasteiger partial charge in [0.1, 0.15) is 18.5 Å². The van der Waals surface area contributed by atoms with Crippen LogP contribution < -0.4 is 10.1 Å². The van der Waals surface area contributed by atoms with Gasteiger partial charge in [-0.25, -0.2) is 0 Å². The van der Waals surface area contributed by atoms with Crippen LogP contribution in [0.3, 0.4) is 0 Å². The van der Waals surface area contributed by atoms with E-state index in [0.717, 1.165) is 5.75 Å². The zero-order valence-corrected chi connectivity index (χ0v) is 14.0. The Morgan fingerprint density at radius 3 is 2.76 bits per heavy atom. The minimum Gasteiger partial charge on any atom is -0.491 e. The average Bonchev–Trinajstić information content (AvgIpc) is 2.52. The van der Waals surface area contributed by atoms with E-state index in [2.05, 4.69) is 11.6 Å². The average molecular weight is 330 g/mol.